The number of amides is 2. The van der Waals surface area contributed by atoms with Gasteiger partial charge in [-0.1, -0.05) is 6.07 Å². The topological polar surface area (TPSA) is 52.7 Å². The lowest BCUT2D eigenvalue weighted by atomic mass is 10.0. The van der Waals surface area contributed by atoms with Crippen molar-refractivity contribution >= 4 is 17.5 Å². The van der Waals surface area contributed by atoms with Gasteiger partial charge in [-0.3, -0.25) is 14.5 Å². The molecule has 7 heteroatoms. The molecule has 2 fully saturated rings. The van der Waals surface area contributed by atoms with E-state index in [0.717, 1.165) is 12.1 Å². The number of nitrogens with zero attached hydrogens (tertiary/aromatic N) is 2. The number of halogens is 2. The van der Waals surface area contributed by atoms with Crippen LogP contribution >= 0.6 is 0 Å². The fourth-order valence-electron chi connectivity index (χ4n) is 3.46. The van der Waals surface area contributed by atoms with Gasteiger partial charge in [0, 0.05) is 43.3 Å². The van der Waals surface area contributed by atoms with Crippen LogP contribution in [0, 0.1) is 0 Å². The van der Waals surface area contributed by atoms with Gasteiger partial charge in [-0.25, -0.2) is 8.78 Å². The van der Waals surface area contributed by atoms with E-state index in [1.165, 1.54) is 0 Å². The molecule has 1 aromatic carbocycles. The lowest BCUT2D eigenvalue weighted by Crippen LogP contribution is -2.45. The predicted molar refractivity (Wildman–Crippen MR) is 91.0 cm³/mol. The molecule has 25 heavy (non-hydrogen) atoms. The lowest BCUT2D eigenvalue weighted by molar-refractivity contribution is -0.117. The number of anilines is 1. The SMILES string of the molecule is O=C(NC1CCN(CC(F)F)CC1)c1cccc(N2CCCC2=O)c1. The predicted octanol–water partition coefficient (Wildman–Crippen LogP) is 2.27. The van der Waals surface area contributed by atoms with Crippen molar-refractivity contribution in [2.75, 3.05) is 31.1 Å². The van der Waals surface area contributed by atoms with Gasteiger partial charge in [-0.15, -0.1) is 0 Å². The smallest absolute Gasteiger partial charge is 0.251 e. The molecule has 0 saturated carbocycles. The van der Waals surface area contributed by atoms with Crippen LogP contribution in [0.1, 0.15) is 36.0 Å². The zero-order valence-electron chi connectivity index (χ0n) is 14.1. The van der Waals surface area contributed by atoms with E-state index in [1.807, 2.05) is 6.07 Å². The third-order valence-electron chi connectivity index (χ3n) is 4.81. The molecular weight excluding hydrogens is 328 g/mol. The first-order chi connectivity index (χ1) is 12.0. The van der Waals surface area contributed by atoms with Gasteiger partial charge in [0.05, 0.1) is 6.54 Å². The Bertz CT molecular complexity index is 631. The molecule has 2 saturated heterocycles. The van der Waals surface area contributed by atoms with Gasteiger partial charge in [0.15, 0.2) is 0 Å². The summed E-state index contributed by atoms with van der Waals surface area (Å²) in [5, 5.41) is 2.98. The van der Waals surface area contributed by atoms with Gasteiger partial charge in [0.25, 0.3) is 12.3 Å². The van der Waals surface area contributed by atoms with Crippen LogP contribution in [0.3, 0.4) is 0 Å². The normalized spacial score (nSPS) is 19.6. The second-order valence-corrected chi connectivity index (χ2v) is 6.64. The van der Waals surface area contributed by atoms with E-state index in [0.29, 0.717) is 44.5 Å². The van der Waals surface area contributed by atoms with Crippen molar-refractivity contribution in [3.8, 4) is 0 Å². The Morgan fingerprint density at radius 1 is 1.24 bits per heavy atom. The van der Waals surface area contributed by atoms with Crippen molar-refractivity contribution in [2.45, 2.75) is 38.2 Å². The summed E-state index contributed by atoms with van der Waals surface area (Å²) in [6.45, 7) is 1.62. The van der Waals surface area contributed by atoms with Crippen molar-refractivity contribution in [1.82, 2.24) is 10.2 Å². The van der Waals surface area contributed by atoms with Crippen LogP contribution < -0.4 is 10.2 Å². The Balaban J connectivity index is 1.56. The van der Waals surface area contributed by atoms with Crippen LogP contribution in [0.2, 0.25) is 0 Å². The zero-order valence-corrected chi connectivity index (χ0v) is 14.1. The lowest BCUT2D eigenvalue weighted by Gasteiger charge is -2.32. The molecule has 0 aliphatic carbocycles. The fraction of sp³-hybridized carbons (Fsp3) is 0.556. The maximum atomic E-state index is 12.5. The molecule has 0 atom stereocenters. The first-order valence-electron chi connectivity index (χ1n) is 8.75. The summed E-state index contributed by atoms with van der Waals surface area (Å²) in [6.07, 6.45) is 0.410. The molecule has 2 heterocycles. The number of benzene rings is 1. The zero-order chi connectivity index (χ0) is 17.8. The van der Waals surface area contributed by atoms with Crippen molar-refractivity contribution in [2.24, 2.45) is 0 Å². The molecule has 5 nitrogen and oxygen atoms in total. The number of rotatable bonds is 5. The van der Waals surface area contributed by atoms with Crippen molar-refractivity contribution in [1.29, 1.82) is 0 Å². The Hall–Kier alpha value is -2.02. The highest BCUT2D eigenvalue weighted by atomic mass is 19.3. The summed E-state index contributed by atoms with van der Waals surface area (Å²) < 4.78 is 24.8. The standard InChI is InChI=1S/C18H23F2N3O2/c19-16(20)12-22-9-6-14(7-10-22)21-18(25)13-3-1-4-15(11-13)23-8-2-5-17(23)24/h1,3-4,11,14,16H,2,5-10,12H2,(H,21,25). The number of alkyl halides is 2. The Labute approximate surface area is 146 Å². The number of hydrogen-bond acceptors (Lipinski definition) is 3. The second-order valence-electron chi connectivity index (χ2n) is 6.64. The van der Waals surface area contributed by atoms with E-state index < -0.39 is 6.43 Å². The summed E-state index contributed by atoms with van der Waals surface area (Å²) >= 11 is 0. The molecule has 2 aliphatic heterocycles. The summed E-state index contributed by atoms with van der Waals surface area (Å²) in [7, 11) is 0. The third-order valence-corrected chi connectivity index (χ3v) is 4.81. The number of carbonyl (C=O) groups is 2. The number of carbonyl (C=O) groups excluding carboxylic acids is 2. The molecule has 0 unspecified atom stereocenters. The van der Waals surface area contributed by atoms with Crippen LogP contribution in [0.25, 0.3) is 0 Å². The molecule has 0 spiro atoms. The van der Waals surface area contributed by atoms with E-state index in [1.54, 1.807) is 28.0 Å². The first kappa shape index (κ1) is 17.8. The molecule has 0 aromatic heterocycles. The quantitative estimate of drug-likeness (QED) is 0.885. The highest BCUT2D eigenvalue weighted by molar-refractivity contribution is 5.99. The van der Waals surface area contributed by atoms with E-state index in [-0.39, 0.29) is 24.4 Å². The Morgan fingerprint density at radius 2 is 2.00 bits per heavy atom. The molecular formula is C18H23F2N3O2. The largest absolute Gasteiger partial charge is 0.349 e. The van der Waals surface area contributed by atoms with Crippen molar-refractivity contribution < 1.29 is 18.4 Å². The fourth-order valence-corrected chi connectivity index (χ4v) is 3.46. The van der Waals surface area contributed by atoms with Gasteiger partial charge in [-0.05, 0) is 37.5 Å². The van der Waals surface area contributed by atoms with Crippen LogP contribution in [0.4, 0.5) is 14.5 Å². The Morgan fingerprint density at radius 3 is 2.64 bits per heavy atom. The van der Waals surface area contributed by atoms with Gasteiger partial charge < -0.3 is 10.2 Å². The number of likely N-dealkylation sites (tertiary alicyclic amines) is 1. The van der Waals surface area contributed by atoms with Gasteiger partial charge in [-0.2, -0.15) is 0 Å². The highest BCUT2D eigenvalue weighted by Gasteiger charge is 2.24. The Kier molecular flexibility index (Phi) is 5.63. The molecule has 2 amide bonds. The molecule has 0 bridgehead atoms. The van der Waals surface area contributed by atoms with Crippen molar-refractivity contribution in [3.05, 3.63) is 29.8 Å². The van der Waals surface area contributed by atoms with E-state index in [2.05, 4.69) is 5.32 Å². The first-order valence-corrected chi connectivity index (χ1v) is 8.75. The van der Waals surface area contributed by atoms with E-state index >= 15 is 0 Å². The molecule has 1 N–H and O–H groups in total. The van der Waals surface area contributed by atoms with Gasteiger partial charge >= 0.3 is 0 Å². The van der Waals surface area contributed by atoms with Crippen LogP contribution in [0.5, 0.6) is 0 Å². The minimum atomic E-state index is -2.32. The van der Waals surface area contributed by atoms with Crippen molar-refractivity contribution in [3.63, 3.8) is 0 Å². The van der Waals surface area contributed by atoms with Crippen LogP contribution in [0.15, 0.2) is 24.3 Å². The monoisotopic (exact) mass is 351 g/mol. The maximum absolute atomic E-state index is 12.5. The third kappa shape index (κ3) is 4.54. The summed E-state index contributed by atoms with van der Waals surface area (Å²) in [5.41, 5.74) is 1.27. The number of piperidine rings is 1. The highest BCUT2D eigenvalue weighted by Crippen LogP contribution is 2.22. The number of nitrogens with one attached hydrogen (secondary N) is 1. The number of hydrogen-bond donors (Lipinski definition) is 1. The molecule has 2 aliphatic rings. The van der Waals surface area contributed by atoms with Gasteiger partial charge in [0.1, 0.15) is 0 Å². The molecule has 0 radical (unpaired) electrons. The molecule has 3 rings (SSSR count). The van der Waals surface area contributed by atoms with Crippen LogP contribution in [-0.4, -0.2) is 55.4 Å². The average molecular weight is 351 g/mol. The summed E-state index contributed by atoms with van der Waals surface area (Å²) in [6, 6.07) is 7.08. The average Bonchev–Trinajstić information content (AvgIpc) is 3.02. The molecule has 1 aromatic rings. The maximum Gasteiger partial charge on any atom is 0.251 e. The second kappa shape index (κ2) is 7.91. The summed E-state index contributed by atoms with van der Waals surface area (Å²) in [4.78, 5) is 27.8. The van der Waals surface area contributed by atoms with Crippen LogP contribution in [-0.2, 0) is 4.79 Å². The summed E-state index contributed by atoms with van der Waals surface area (Å²) in [5.74, 6) is -0.0928. The van der Waals surface area contributed by atoms with Gasteiger partial charge in [0.2, 0.25) is 5.91 Å². The van der Waals surface area contributed by atoms with E-state index in [9.17, 15) is 18.4 Å². The van der Waals surface area contributed by atoms with E-state index in [4.69, 9.17) is 0 Å². The molecule has 136 valence electrons. The minimum absolute atomic E-state index is 0.00139. The minimum Gasteiger partial charge on any atom is -0.349 e.